The van der Waals surface area contributed by atoms with Gasteiger partial charge in [-0.05, 0) is 35.4 Å². The van der Waals surface area contributed by atoms with Crippen molar-refractivity contribution in [2.75, 3.05) is 0 Å². The normalized spacial score (nSPS) is 10.8. The van der Waals surface area contributed by atoms with Crippen molar-refractivity contribution >= 4 is 11.6 Å². The van der Waals surface area contributed by atoms with E-state index in [9.17, 15) is 8.78 Å². The summed E-state index contributed by atoms with van der Waals surface area (Å²) in [7, 11) is 0. The van der Waals surface area contributed by atoms with Crippen LogP contribution in [0.5, 0.6) is 5.75 Å². The fourth-order valence-electron chi connectivity index (χ4n) is 1.76. The highest BCUT2D eigenvalue weighted by molar-refractivity contribution is 6.30. The molecule has 2 aromatic rings. The van der Waals surface area contributed by atoms with E-state index in [-0.39, 0.29) is 12.4 Å². The van der Waals surface area contributed by atoms with Crippen LogP contribution in [0.15, 0.2) is 42.5 Å². The second kappa shape index (κ2) is 5.99. The average Bonchev–Trinajstić information content (AvgIpc) is 2.38. The number of aliphatic hydroxyl groups is 1. The van der Waals surface area contributed by atoms with Crippen molar-refractivity contribution in [1.29, 1.82) is 0 Å². The van der Waals surface area contributed by atoms with Gasteiger partial charge in [-0.15, -0.1) is 0 Å². The topological polar surface area (TPSA) is 29.5 Å². The van der Waals surface area contributed by atoms with Crippen LogP contribution in [-0.4, -0.2) is 11.7 Å². The first kappa shape index (κ1) is 13.8. The molecule has 0 fully saturated rings. The van der Waals surface area contributed by atoms with Gasteiger partial charge in [-0.25, -0.2) is 0 Å². The fourth-order valence-corrected chi connectivity index (χ4v) is 1.95. The van der Waals surface area contributed by atoms with Crippen molar-refractivity contribution in [2.45, 2.75) is 13.2 Å². The summed E-state index contributed by atoms with van der Waals surface area (Å²) in [6.45, 7) is -3.08. The number of hydrogen-bond acceptors (Lipinski definition) is 2. The van der Waals surface area contributed by atoms with Crippen LogP contribution in [0.25, 0.3) is 11.1 Å². The summed E-state index contributed by atoms with van der Waals surface area (Å²) in [5.41, 5.74) is 1.73. The molecule has 0 bridgehead atoms. The van der Waals surface area contributed by atoms with E-state index in [0.717, 1.165) is 0 Å². The lowest BCUT2D eigenvalue weighted by Crippen LogP contribution is -2.03. The Balaban J connectivity index is 2.51. The lowest BCUT2D eigenvalue weighted by molar-refractivity contribution is -0.0494. The number of alkyl halides is 2. The molecule has 2 nitrogen and oxygen atoms in total. The van der Waals surface area contributed by atoms with Gasteiger partial charge in [0.25, 0.3) is 0 Å². The van der Waals surface area contributed by atoms with Crippen LogP contribution >= 0.6 is 11.6 Å². The van der Waals surface area contributed by atoms with Gasteiger partial charge in [0.15, 0.2) is 0 Å². The summed E-state index contributed by atoms with van der Waals surface area (Å²) >= 11 is 5.89. The van der Waals surface area contributed by atoms with Crippen LogP contribution in [0.4, 0.5) is 8.78 Å². The molecule has 0 heterocycles. The summed E-state index contributed by atoms with van der Waals surface area (Å²) in [6.07, 6.45) is 0. The summed E-state index contributed by atoms with van der Waals surface area (Å²) in [6, 6.07) is 11.3. The Labute approximate surface area is 114 Å². The molecule has 0 spiro atoms. The highest BCUT2D eigenvalue weighted by Gasteiger charge is 2.12. The van der Waals surface area contributed by atoms with E-state index in [1.54, 1.807) is 30.3 Å². The van der Waals surface area contributed by atoms with Crippen molar-refractivity contribution in [3.8, 4) is 16.9 Å². The number of aliphatic hydroxyl groups excluding tert-OH is 1. The second-order valence-corrected chi connectivity index (χ2v) is 4.31. The molecule has 100 valence electrons. The molecule has 0 radical (unpaired) electrons. The molecule has 0 saturated heterocycles. The summed E-state index contributed by atoms with van der Waals surface area (Å²) < 4.78 is 29.2. The smallest absolute Gasteiger partial charge is 0.387 e. The predicted molar refractivity (Wildman–Crippen MR) is 69.4 cm³/mol. The van der Waals surface area contributed by atoms with Crippen LogP contribution in [-0.2, 0) is 6.61 Å². The zero-order valence-corrected chi connectivity index (χ0v) is 10.6. The van der Waals surface area contributed by atoms with Crippen LogP contribution in [0, 0.1) is 0 Å². The SMILES string of the molecule is OCc1ccc(OC(F)F)c(-c2cccc(Cl)c2)c1. The Morgan fingerprint density at radius 3 is 2.58 bits per heavy atom. The molecule has 19 heavy (non-hydrogen) atoms. The number of benzene rings is 2. The molecule has 0 unspecified atom stereocenters. The first-order valence-corrected chi connectivity index (χ1v) is 5.92. The Bertz CT molecular complexity index is 573. The molecular formula is C14H11ClF2O2. The van der Waals surface area contributed by atoms with Gasteiger partial charge in [0.2, 0.25) is 0 Å². The van der Waals surface area contributed by atoms with Gasteiger partial charge in [0.05, 0.1) is 6.61 Å². The van der Waals surface area contributed by atoms with E-state index < -0.39 is 6.61 Å². The lowest BCUT2D eigenvalue weighted by atomic mass is 10.0. The van der Waals surface area contributed by atoms with Crippen molar-refractivity contribution in [3.05, 3.63) is 53.1 Å². The van der Waals surface area contributed by atoms with Crippen molar-refractivity contribution in [2.24, 2.45) is 0 Å². The van der Waals surface area contributed by atoms with Crippen LogP contribution in [0.1, 0.15) is 5.56 Å². The summed E-state index contributed by atoms with van der Waals surface area (Å²) in [5, 5.41) is 9.62. The Hall–Kier alpha value is -1.65. The molecule has 0 aliphatic heterocycles. The zero-order valence-electron chi connectivity index (χ0n) is 9.82. The molecule has 2 rings (SSSR count). The molecule has 1 N–H and O–H groups in total. The molecular weight excluding hydrogens is 274 g/mol. The number of halogens is 3. The van der Waals surface area contributed by atoms with Gasteiger partial charge in [0.1, 0.15) is 5.75 Å². The maximum absolute atomic E-state index is 12.4. The van der Waals surface area contributed by atoms with Crippen LogP contribution in [0.2, 0.25) is 5.02 Å². The largest absolute Gasteiger partial charge is 0.434 e. The van der Waals surface area contributed by atoms with Crippen molar-refractivity contribution < 1.29 is 18.6 Å². The van der Waals surface area contributed by atoms with Gasteiger partial charge >= 0.3 is 6.61 Å². The Morgan fingerprint density at radius 2 is 1.95 bits per heavy atom. The monoisotopic (exact) mass is 284 g/mol. The Kier molecular flexibility index (Phi) is 4.35. The minimum absolute atomic E-state index is 0.0504. The van der Waals surface area contributed by atoms with E-state index in [4.69, 9.17) is 16.7 Å². The van der Waals surface area contributed by atoms with Gasteiger partial charge in [-0.2, -0.15) is 8.78 Å². The third-order valence-electron chi connectivity index (χ3n) is 2.58. The zero-order chi connectivity index (χ0) is 13.8. The molecule has 5 heteroatoms. The standard InChI is InChI=1S/C14H11ClF2O2/c15-11-3-1-2-10(7-11)12-6-9(8-18)4-5-13(12)19-14(16)17/h1-7,14,18H,8H2. The highest BCUT2D eigenvalue weighted by Crippen LogP contribution is 2.33. The molecule has 0 saturated carbocycles. The first-order chi connectivity index (χ1) is 9.10. The molecule has 0 aliphatic carbocycles. The molecule has 0 atom stereocenters. The molecule has 0 aromatic heterocycles. The maximum Gasteiger partial charge on any atom is 0.387 e. The number of rotatable bonds is 4. The number of ether oxygens (including phenoxy) is 1. The van der Waals surface area contributed by atoms with E-state index in [0.29, 0.717) is 21.7 Å². The second-order valence-electron chi connectivity index (χ2n) is 3.88. The van der Waals surface area contributed by atoms with Crippen LogP contribution < -0.4 is 4.74 Å². The Morgan fingerprint density at radius 1 is 1.16 bits per heavy atom. The van der Waals surface area contributed by atoms with Crippen molar-refractivity contribution in [1.82, 2.24) is 0 Å². The molecule has 0 amide bonds. The fraction of sp³-hybridized carbons (Fsp3) is 0.143. The molecule has 2 aromatic carbocycles. The summed E-state index contributed by atoms with van der Waals surface area (Å²) in [4.78, 5) is 0. The first-order valence-electron chi connectivity index (χ1n) is 5.54. The lowest BCUT2D eigenvalue weighted by Gasteiger charge is -2.12. The van der Waals surface area contributed by atoms with Crippen LogP contribution in [0.3, 0.4) is 0 Å². The van der Waals surface area contributed by atoms with E-state index in [1.165, 1.54) is 12.1 Å². The van der Waals surface area contributed by atoms with Gasteiger partial charge in [-0.1, -0.05) is 29.8 Å². The minimum Gasteiger partial charge on any atom is -0.434 e. The van der Waals surface area contributed by atoms with Gasteiger partial charge < -0.3 is 9.84 Å². The molecule has 0 aliphatic rings. The third-order valence-corrected chi connectivity index (χ3v) is 2.81. The summed E-state index contributed by atoms with van der Waals surface area (Å²) in [5.74, 6) is 0.0504. The predicted octanol–water partition coefficient (Wildman–Crippen LogP) is 4.10. The van der Waals surface area contributed by atoms with Gasteiger partial charge in [0, 0.05) is 10.6 Å². The van der Waals surface area contributed by atoms with E-state index in [1.807, 2.05) is 0 Å². The quantitative estimate of drug-likeness (QED) is 0.916. The minimum atomic E-state index is -2.90. The van der Waals surface area contributed by atoms with E-state index in [2.05, 4.69) is 4.74 Å². The van der Waals surface area contributed by atoms with E-state index >= 15 is 0 Å². The van der Waals surface area contributed by atoms with Gasteiger partial charge in [-0.3, -0.25) is 0 Å². The van der Waals surface area contributed by atoms with Crippen molar-refractivity contribution in [3.63, 3.8) is 0 Å². The maximum atomic E-state index is 12.4. The third kappa shape index (κ3) is 3.43. The average molecular weight is 285 g/mol. The number of hydrogen-bond donors (Lipinski definition) is 1. The highest BCUT2D eigenvalue weighted by atomic mass is 35.5.